The molecule has 0 aliphatic heterocycles. The molecule has 1 aromatic heterocycles. The summed E-state index contributed by atoms with van der Waals surface area (Å²) in [5.74, 6) is 1.08. The third-order valence-corrected chi connectivity index (χ3v) is 4.90. The van der Waals surface area contributed by atoms with E-state index in [4.69, 9.17) is 5.14 Å². The Balaban J connectivity index is 2.23. The summed E-state index contributed by atoms with van der Waals surface area (Å²) in [6, 6.07) is 1.38. The average Bonchev–Trinajstić information content (AvgIpc) is 2.89. The number of aryl methyl sites for hydroxylation is 1. The number of hydrogen-bond donors (Lipinski definition) is 1. The molecule has 0 bridgehead atoms. The van der Waals surface area contributed by atoms with Crippen LogP contribution in [0.25, 0.3) is 0 Å². The Bertz CT molecular complexity index is 636. The summed E-state index contributed by atoms with van der Waals surface area (Å²) in [5, 5.41) is 5.15. The van der Waals surface area contributed by atoms with Gasteiger partial charge in [0.15, 0.2) is 0 Å². The summed E-state index contributed by atoms with van der Waals surface area (Å²) in [4.78, 5) is 14.2. The summed E-state index contributed by atoms with van der Waals surface area (Å²) in [6.45, 7) is 5.44. The van der Waals surface area contributed by atoms with Gasteiger partial charge in [-0.1, -0.05) is 13.8 Å². The fourth-order valence-corrected chi connectivity index (χ4v) is 3.08. The lowest BCUT2D eigenvalue weighted by Crippen LogP contribution is -2.30. The molecular formula is C14H23N3O3S. The van der Waals surface area contributed by atoms with E-state index in [1.165, 1.54) is 12.3 Å². The van der Waals surface area contributed by atoms with Crippen LogP contribution in [0.2, 0.25) is 0 Å². The number of primary sulfonamides is 1. The zero-order valence-corrected chi connectivity index (χ0v) is 13.6. The minimum absolute atomic E-state index is 0.00695. The highest BCUT2D eigenvalue weighted by atomic mass is 32.2. The van der Waals surface area contributed by atoms with E-state index >= 15 is 0 Å². The largest absolute Gasteiger partial charge is 0.342 e. The molecule has 1 heterocycles. The zero-order chi connectivity index (χ0) is 15.8. The Morgan fingerprint density at radius 1 is 1.52 bits per heavy atom. The highest BCUT2D eigenvalue weighted by Crippen LogP contribution is 2.38. The molecule has 1 aromatic rings. The van der Waals surface area contributed by atoms with Gasteiger partial charge in [0.05, 0.1) is 0 Å². The van der Waals surface area contributed by atoms with Crippen molar-refractivity contribution in [2.45, 2.75) is 38.1 Å². The van der Waals surface area contributed by atoms with Gasteiger partial charge in [0, 0.05) is 26.3 Å². The van der Waals surface area contributed by atoms with Crippen LogP contribution in [0.5, 0.6) is 0 Å². The van der Waals surface area contributed by atoms with E-state index in [0.29, 0.717) is 30.6 Å². The molecule has 0 spiro atoms. The lowest BCUT2D eigenvalue weighted by Gasteiger charge is -2.18. The third-order valence-electron chi connectivity index (χ3n) is 4.01. The van der Waals surface area contributed by atoms with Gasteiger partial charge in [-0.2, -0.15) is 0 Å². The number of carbonyl (C=O) groups excluding carboxylic acids is 1. The van der Waals surface area contributed by atoms with Gasteiger partial charge >= 0.3 is 0 Å². The highest BCUT2D eigenvalue weighted by molar-refractivity contribution is 7.89. The highest BCUT2D eigenvalue weighted by Gasteiger charge is 2.34. The van der Waals surface area contributed by atoms with Gasteiger partial charge in [-0.05, 0) is 30.7 Å². The van der Waals surface area contributed by atoms with Crippen LogP contribution in [0.3, 0.4) is 0 Å². The van der Waals surface area contributed by atoms with Crippen molar-refractivity contribution in [2.75, 3.05) is 13.6 Å². The maximum Gasteiger partial charge on any atom is 0.270 e. The summed E-state index contributed by atoms with van der Waals surface area (Å²) >= 11 is 0. The quantitative estimate of drug-likeness (QED) is 0.858. The second-order valence-corrected chi connectivity index (χ2v) is 7.52. The fourth-order valence-electron chi connectivity index (χ4n) is 2.53. The summed E-state index contributed by atoms with van der Waals surface area (Å²) in [7, 11) is -2.04. The van der Waals surface area contributed by atoms with E-state index in [1.54, 1.807) is 16.5 Å². The molecule has 6 nitrogen and oxygen atoms in total. The molecule has 1 saturated carbocycles. The van der Waals surface area contributed by atoms with Gasteiger partial charge in [-0.15, -0.1) is 0 Å². The van der Waals surface area contributed by atoms with Crippen molar-refractivity contribution in [1.29, 1.82) is 0 Å². The van der Waals surface area contributed by atoms with Crippen LogP contribution in [0, 0.1) is 11.8 Å². The van der Waals surface area contributed by atoms with Gasteiger partial charge in [0.25, 0.3) is 5.91 Å². The predicted molar refractivity (Wildman–Crippen MR) is 80.3 cm³/mol. The maximum atomic E-state index is 12.5. The fraction of sp³-hybridized carbons (Fsp3) is 0.643. The van der Waals surface area contributed by atoms with Crippen LogP contribution in [-0.2, 0) is 16.6 Å². The average molecular weight is 313 g/mol. The number of nitrogens with zero attached hydrogens (tertiary/aromatic N) is 2. The first-order valence-corrected chi connectivity index (χ1v) is 8.77. The topological polar surface area (TPSA) is 85.4 Å². The van der Waals surface area contributed by atoms with Crippen molar-refractivity contribution in [3.63, 3.8) is 0 Å². The molecule has 2 N–H and O–H groups in total. The minimum Gasteiger partial charge on any atom is -0.342 e. The number of nitrogens with two attached hydrogens (primary N) is 1. The van der Waals surface area contributed by atoms with Crippen molar-refractivity contribution in [3.05, 3.63) is 18.0 Å². The maximum absolute atomic E-state index is 12.5. The smallest absolute Gasteiger partial charge is 0.270 e. The molecule has 1 fully saturated rings. The van der Waals surface area contributed by atoms with E-state index in [9.17, 15) is 13.2 Å². The molecule has 118 valence electrons. The molecule has 2 rings (SSSR count). The standard InChI is InChI=1S/C14H23N3O3S/c1-4-5-17-9-12(21(15,19)20)7-13(17)14(18)16(3)8-11-6-10(11)2/h7,9-11H,4-6,8H2,1-3H3,(H2,15,19,20). The third kappa shape index (κ3) is 3.65. The Morgan fingerprint density at radius 3 is 2.62 bits per heavy atom. The molecule has 7 heteroatoms. The Morgan fingerprint density at radius 2 is 2.14 bits per heavy atom. The number of carbonyl (C=O) groups is 1. The van der Waals surface area contributed by atoms with Gasteiger partial charge in [0.1, 0.15) is 10.6 Å². The van der Waals surface area contributed by atoms with Crippen LogP contribution >= 0.6 is 0 Å². The van der Waals surface area contributed by atoms with Gasteiger partial charge in [-0.3, -0.25) is 4.79 Å². The molecule has 1 aliphatic carbocycles. The van der Waals surface area contributed by atoms with Crippen LogP contribution in [0.15, 0.2) is 17.2 Å². The van der Waals surface area contributed by atoms with E-state index in [2.05, 4.69) is 6.92 Å². The van der Waals surface area contributed by atoms with Crippen LogP contribution in [0.4, 0.5) is 0 Å². The normalized spacial score (nSPS) is 21.3. The van der Waals surface area contributed by atoms with Crippen molar-refractivity contribution in [1.82, 2.24) is 9.47 Å². The zero-order valence-electron chi connectivity index (χ0n) is 12.7. The van der Waals surface area contributed by atoms with Crippen LogP contribution in [0.1, 0.15) is 37.2 Å². The van der Waals surface area contributed by atoms with Crippen LogP contribution in [-0.4, -0.2) is 37.4 Å². The first-order valence-electron chi connectivity index (χ1n) is 7.22. The first kappa shape index (κ1) is 16.0. The number of aromatic nitrogens is 1. The number of amides is 1. The SMILES string of the molecule is CCCn1cc(S(N)(=O)=O)cc1C(=O)N(C)CC1CC1C. The van der Waals surface area contributed by atoms with Gasteiger partial charge in [0.2, 0.25) is 10.0 Å². The van der Waals surface area contributed by atoms with E-state index < -0.39 is 10.0 Å². The molecule has 2 atom stereocenters. The Kier molecular flexibility index (Phi) is 4.43. The monoisotopic (exact) mass is 313 g/mol. The van der Waals surface area contributed by atoms with Crippen LogP contribution < -0.4 is 5.14 Å². The molecule has 1 aliphatic rings. The second kappa shape index (κ2) is 5.81. The van der Waals surface area contributed by atoms with Crippen molar-refractivity contribution >= 4 is 15.9 Å². The molecule has 0 saturated heterocycles. The number of sulfonamides is 1. The molecule has 21 heavy (non-hydrogen) atoms. The second-order valence-electron chi connectivity index (χ2n) is 5.96. The van der Waals surface area contributed by atoms with Gasteiger partial charge < -0.3 is 9.47 Å². The van der Waals surface area contributed by atoms with Crippen molar-refractivity contribution in [3.8, 4) is 0 Å². The molecule has 0 radical (unpaired) electrons. The minimum atomic E-state index is -3.79. The Hall–Kier alpha value is -1.34. The van der Waals surface area contributed by atoms with E-state index in [-0.39, 0.29) is 10.8 Å². The molecule has 2 unspecified atom stereocenters. The first-order chi connectivity index (χ1) is 9.74. The van der Waals surface area contributed by atoms with Gasteiger partial charge in [-0.25, -0.2) is 13.6 Å². The number of hydrogen-bond acceptors (Lipinski definition) is 3. The summed E-state index contributed by atoms with van der Waals surface area (Å²) in [6.07, 6.45) is 3.40. The van der Waals surface area contributed by atoms with Crippen molar-refractivity contribution in [2.24, 2.45) is 17.0 Å². The van der Waals surface area contributed by atoms with Crippen molar-refractivity contribution < 1.29 is 13.2 Å². The summed E-state index contributed by atoms with van der Waals surface area (Å²) < 4.78 is 24.6. The Labute approximate surface area is 126 Å². The predicted octanol–water partition coefficient (Wildman–Crippen LogP) is 1.27. The summed E-state index contributed by atoms with van der Waals surface area (Å²) in [5.41, 5.74) is 0.386. The molecular weight excluding hydrogens is 290 g/mol. The molecule has 1 amide bonds. The lowest BCUT2D eigenvalue weighted by molar-refractivity contribution is 0.0776. The molecule has 0 aromatic carbocycles. The lowest BCUT2D eigenvalue weighted by atomic mass is 10.3. The van der Waals surface area contributed by atoms with E-state index in [0.717, 1.165) is 12.8 Å². The van der Waals surface area contributed by atoms with E-state index in [1.807, 2.05) is 6.92 Å². The number of rotatable bonds is 6.